The molecule has 1 amide bonds. The molecule has 4 nitrogen and oxygen atoms in total. The molecule has 1 heterocycles. The first kappa shape index (κ1) is 20.0. The summed E-state index contributed by atoms with van der Waals surface area (Å²) in [4.78, 5) is 13.3. The number of hydrogen-bond donors (Lipinski definition) is 1. The summed E-state index contributed by atoms with van der Waals surface area (Å²) in [6.07, 6.45) is 0. The first-order valence-electron chi connectivity index (χ1n) is 9.76. The van der Waals surface area contributed by atoms with Crippen LogP contribution in [0.3, 0.4) is 0 Å². The summed E-state index contributed by atoms with van der Waals surface area (Å²) in [5.74, 6) is 1.50. The fraction of sp³-hybridized carbons (Fsp3) is 0.160. The molecule has 0 saturated carbocycles. The van der Waals surface area contributed by atoms with Crippen molar-refractivity contribution >= 4 is 28.0 Å². The standard InChI is InChI=1S/C25H23NO3S/c1-17(20-8-5-9-22(13-20)28-2)26-25(27)24-12-18(16-30-24)15-29-23-11-10-19-6-3-4-7-21(19)14-23/h3-14,16-17H,15H2,1-2H3,(H,26,27). The zero-order valence-corrected chi connectivity index (χ0v) is 17.7. The Bertz CT molecular complexity index is 1170. The lowest BCUT2D eigenvalue weighted by atomic mass is 10.1. The van der Waals surface area contributed by atoms with Crippen molar-refractivity contribution in [3.8, 4) is 11.5 Å². The molecule has 0 aliphatic rings. The van der Waals surface area contributed by atoms with E-state index in [4.69, 9.17) is 9.47 Å². The van der Waals surface area contributed by atoms with Gasteiger partial charge >= 0.3 is 0 Å². The van der Waals surface area contributed by atoms with Crippen molar-refractivity contribution in [2.75, 3.05) is 7.11 Å². The Kier molecular flexibility index (Phi) is 6.00. The molecule has 0 aliphatic heterocycles. The lowest BCUT2D eigenvalue weighted by molar-refractivity contribution is 0.0944. The first-order valence-corrected chi connectivity index (χ1v) is 10.6. The van der Waals surface area contributed by atoms with Crippen LogP contribution < -0.4 is 14.8 Å². The van der Waals surface area contributed by atoms with E-state index in [1.54, 1.807) is 7.11 Å². The average Bonchev–Trinajstić information content (AvgIpc) is 3.27. The Morgan fingerprint density at radius 3 is 2.63 bits per heavy atom. The minimum Gasteiger partial charge on any atom is -0.497 e. The summed E-state index contributed by atoms with van der Waals surface area (Å²) in [6.45, 7) is 2.39. The van der Waals surface area contributed by atoms with Crippen molar-refractivity contribution < 1.29 is 14.3 Å². The van der Waals surface area contributed by atoms with Gasteiger partial charge in [-0.05, 0) is 59.0 Å². The Balaban J connectivity index is 1.37. The largest absolute Gasteiger partial charge is 0.497 e. The zero-order valence-electron chi connectivity index (χ0n) is 16.9. The van der Waals surface area contributed by atoms with Crippen molar-refractivity contribution in [3.05, 3.63) is 94.2 Å². The molecule has 30 heavy (non-hydrogen) atoms. The van der Waals surface area contributed by atoms with Gasteiger partial charge in [0.2, 0.25) is 0 Å². The summed E-state index contributed by atoms with van der Waals surface area (Å²) in [7, 11) is 1.63. The topological polar surface area (TPSA) is 47.6 Å². The quantitative estimate of drug-likeness (QED) is 0.402. The molecule has 4 rings (SSSR count). The highest BCUT2D eigenvalue weighted by atomic mass is 32.1. The van der Waals surface area contributed by atoms with Crippen molar-refractivity contribution in [1.29, 1.82) is 0 Å². The second kappa shape index (κ2) is 9.01. The normalized spacial score (nSPS) is 11.8. The second-order valence-corrected chi connectivity index (χ2v) is 8.00. The molecule has 152 valence electrons. The Morgan fingerprint density at radius 2 is 1.80 bits per heavy atom. The van der Waals surface area contributed by atoms with Gasteiger partial charge in [-0.3, -0.25) is 4.79 Å². The molecular formula is C25H23NO3S. The second-order valence-electron chi connectivity index (χ2n) is 7.09. The fourth-order valence-electron chi connectivity index (χ4n) is 3.26. The number of thiophene rings is 1. The molecule has 1 N–H and O–H groups in total. The molecule has 1 atom stereocenters. The SMILES string of the molecule is COc1cccc(C(C)NC(=O)c2cc(COc3ccc4ccccc4c3)cs2)c1. The van der Waals surface area contributed by atoms with E-state index >= 15 is 0 Å². The predicted octanol–water partition coefficient (Wildman–Crippen LogP) is 5.98. The Labute approximate surface area is 180 Å². The average molecular weight is 418 g/mol. The van der Waals surface area contributed by atoms with Gasteiger partial charge in [-0.1, -0.05) is 42.5 Å². The number of carbonyl (C=O) groups is 1. The Morgan fingerprint density at radius 1 is 0.967 bits per heavy atom. The fourth-order valence-corrected chi connectivity index (χ4v) is 4.06. The predicted molar refractivity (Wildman–Crippen MR) is 121 cm³/mol. The van der Waals surface area contributed by atoms with Gasteiger partial charge in [-0.15, -0.1) is 11.3 Å². The van der Waals surface area contributed by atoms with Gasteiger partial charge in [0.25, 0.3) is 5.91 Å². The number of hydrogen-bond acceptors (Lipinski definition) is 4. The first-order chi connectivity index (χ1) is 14.6. The number of methoxy groups -OCH3 is 1. The van der Waals surface area contributed by atoms with Gasteiger partial charge in [0.1, 0.15) is 18.1 Å². The maximum atomic E-state index is 12.6. The van der Waals surface area contributed by atoms with Crippen molar-refractivity contribution in [1.82, 2.24) is 5.32 Å². The van der Waals surface area contributed by atoms with Crippen LogP contribution in [0.5, 0.6) is 11.5 Å². The maximum absolute atomic E-state index is 12.6. The summed E-state index contributed by atoms with van der Waals surface area (Å²) in [5, 5.41) is 7.34. The van der Waals surface area contributed by atoms with Crippen molar-refractivity contribution in [3.63, 3.8) is 0 Å². The van der Waals surface area contributed by atoms with E-state index in [1.807, 2.05) is 66.9 Å². The molecule has 5 heteroatoms. The minimum atomic E-state index is -0.119. The van der Waals surface area contributed by atoms with Crippen LogP contribution in [0.2, 0.25) is 0 Å². The van der Waals surface area contributed by atoms with Crippen LogP contribution in [0.1, 0.15) is 33.8 Å². The van der Waals surface area contributed by atoms with E-state index in [1.165, 1.54) is 16.7 Å². The smallest absolute Gasteiger partial charge is 0.261 e. The van der Waals surface area contributed by atoms with E-state index < -0.39 is 0 Å². The van der Waals surface area contributed by atoms with Crippen LogP contribution in [0.4, 0.5) is 0 Å². The van der Waals surface area contributed by atoms with E-state index in [0.717, 1.165) is 28.0 Å². The van der Waals surface area contributed by atoms with Gasteiger partial charge in [-0.25, -0.2) is 0 Å². The zero-order chi connectivity index (χ0) is 20.9. The molecule has 0 saturated heterocycles. The summed E-state index contributed by atoms with van der Waals surface area (Å²) in [6, 6.07) is 23.7. The third-order valence-corrected chi connectivity index (χ3v) is 5.92. The van der Waals surface area contributed by atoms with Gasteiger partial charge in [0.15, 0.2) is 0 Å². The highest BCUT2D eigenvalue weighted by Crippen LogP contribution is 2.24. The number of amides is 1. The number of benzene rings is 3. The van der Waals surface area contributed by atoms with Crippen LogP contribution in [0.25, 0.3) is 10.8 Å². The molecule has 0 radical (unpaired) electrons. The Hall–Kier alpha value is -3.31. The lowest BCUT2D eigenvalue weighted by Gasteiger charge is -2.14. The highest BCUT2D eigenvalue weighted by molar-refractivity contribution is 7.12. The van der Waals surface area contributed by atoms with Crippen LogP contribution in [0, 0.1) is 0 Å². The highest BCUT2D eigenvalue weighted by Gasteiger charge is 2.14. The summed E-state index contributed by atoms with van der Waals surface area (Å²) in [5.41, 5.74) is 1.98. The molecule has 3 aromatic carbocycles. The van der Waals surface area contributed by atoms with Crippen LogP contribution in [-0.2, 0) is 6.61 Å². The van der Waals surface area contributed by atoms with Crippen molar-refractivity contribution in [2.24, 2.45) is 0 Å². The van der Waals surface area contributed by atoms with Crippen LogP contribution >= 0.6 is 11.3 Å². The lowest BCUT2D eigenvalue weighted by Crippen LogP contribution is -2.25. The molecular weight excluding hydrogens is 394 g/mol. The van der Waals surface area contributed by atoms with E-state index in [2.05, 4.69) is 23.5 Å². The number of ether oxygens (including phenoxy) is 2. The summed E-state index contributed by atoms with van der Waals surface area (Å²) >= 11 is 1.42. The molecule has 0 bridgehead atoms. The van der Waals surface area contributed by atoms with Crippen LogP contribution in [0.15, 0.2) is 78.2 Å². The number of carbonyl (C=O) groups excluding carboxylic acids is 1. The molecule has 1 aromatic heterocycles. The number of nitrogens with one attached hydrogen (secondary N) is 1. The summed E-state index contributed by atoms with van der Waals surface area (Å²) < 4.78 is 11.2. The van der Waals surface area contributed by atoms with Gasteiger partial charge in [-0.2, -0.15) is 0 Å². The molecule has 0 fully saturated rings. The van der Waals surface area contributed by atoms with E-state index in [0.29, 0.717) is 11.5 Å². The third-order valence-electron chi connectivity index (χ3n) is 4.95. The monoisotopic (exact) mass is 417 g/mol. The maximum Gasteiger partial charge on any atom is 0.261 e. The number of rotatable bonds is 7. The third kappa shape index (κ3) is 4.63. The van der Waals surface area contributed by atoms with E-state index in [-0.39, 0.29) is 11.9 Å². The van der Waals surface area contributed by atoms with Gasteiger partial charge < -0.3 is 14.8 Å². The van der Waals surface area contributed by atoms with Gasteiger partial charge in [0.05, 0.1) is 18.0 Å². The molecule has 0 spiro atoms. The van der Waals surface area contributed by atoms with Crippen LogP contribution in [-0.4, -0.2) is 13.0 Å². The minimum absolute atomic E-state index is 0.0905. The van der Waals surface area contributed by atoms with Crippen molar-refractivity contribution in [2.45, 2.75) is 19.6 Å². The van der Waals surface area contributed by atoms with E-state index in [9.17, 15) is 4.79 Å². The molecule has 4 aromatic rings. The molecule has 0 aliphatic carbocycles. The number of fused-ring (bicyclic) bond motifs is 1. The van der Waals surface area contributed by atoms with Gasteiger partial charge in [0, 0.05) is 5.56 Å². The molecule has 1 unspecified atom stereocenters.